The number of nitro groups is 1. The molecule has 2 heterocycles. The Kier molecular flexibility index (Phi) is 4.92. The SMILES string of the molecule is Cc1c(C(=O)NCc2ccnc(N3CCCC3)c2)cccc1[N+](=O)[O-]. The number of nitrogens with zero attached hydrogens (tertiary/aromatic N) is 3. The number of hydrogen-bond acceptors (Lipinski definition) is 5. The molecular weight excluding hydrogens is 320 g/mol. The first-order valence-corrected chi connectivity index (χ1v) is 8.28. The van der Waals surface area contributed by atoms with Crippen LogP contribution < -0.4 is 10.2 Å². The minimum atomic E-state index is -0.475. The first-order chi connectivity index (χ1) is 12.1. The van der Waals surface area contributed by atoms with E-state index in [-0.39, 0.29) is 11.6 Å². The Hall–Kier alpha value is -2.96. The van der Waals surface area contributed by atoms with Crippen LogP contribution in [-0.2, 0) is 6.54 Å². The second kappa shape index (κ2) is 7.29. The Morgan fingerprint density at radius 3 is 2.80 bits per heavy atom. The second-order valence-electron chi connectivity index (χ2n) is 6.11. The summed E-state index contributed by atoms with van der Waals surface area (Å²) in [5.74, 6) is 0.608. The number of pyridine rings is 1. The second-order valence-corrected chi connectivity index (χ2v) is 6.11. The number of benzene rings is 1. The third-order valence-corrected chi connectivity index (χ3v) is 4.44. The maximum absolute atomic E-state index is 12.4. The van der Waals surface area contributed by atoms with Crippen molar-refractivity contribution in [2.24, 2.45) is 0 Å². The average Bonchev–Trinajstić information content (AvgIpc) is 3.14. The van der Waals surface area contributed by atoms with Gasteiger partial charge in [0.1, 0.15) is 5.82 Å². The maximum atomic E-state index is 12.4. The molecular formula is C18H20N4O3. The number of anilines is 1. The van der Waals surface area contributed by atoms with E-state index in [1.54, 1.807) is 19.2 Å². The van der Waals surface area contributed by atoms with Gasteiger partial charge in [0, 0.05) is 43.0 Å². The lowest BCUT2D eigenvalue weighted by Crippen LogP contribution is -2.24. The van der Waals surface area contributed by atoms with Crippen LogP contribution in [0.5, 0.6) is 0 Å². The van der Waals surface area contributed by atoms with Crippen LogP contribution in [0.4, 0.5) is 11.5 Å². The molecule has 130 valence electrons. The molecule has 0 unspecified atom stereocenters. The van der Waals surface area contributed by atoms with Crippen LogP contribution in [0.25, 0.3) is 0 Å². The molecule has 0 radical (unpaired) electrons. The molecule has 0 spiro atoms. The van der Waals surface area contributed by atoms with Crippen molar-refractivity contribution in [3.8, 4) is 0 Å². The zero-order valence-corrected chi connectivity index (χ0v) is 14.1. The number of nitrogens with one attached hydrogen (secondary N) is 1. The van der Waals surface area contributed by atoms with Gasteiger partial charge in [-0.1, -0.05) is 6.07 Å². The number of aromatic nitrogens is 1. The molecule has 7 heteroatoms. The van der Waals surface area contributed by atoms with Gasteiger partial charge in [0.15, 0.2) is 0 Å². The van der Waals surface area contributed by atoms with Gasteiger partial charge in [-0.2, -0.15) is 0 Å². The van der Waals surface area contributed by atoms with Crippen LogP contribution in [0.2, 0.25) is 0 Å². The minimum Gasteiger partial charge on any atom is -0.357 e. The van der Waals surface area contributed by atoms with Crippen LogP contribution in [0.15, 0.2) is 36.5 Å². The Labute approximate surface area is 145 Å². The average molecular weight is 340 g/mol. The fourth-order valence-corrected chi connectivity index (χ4v) is 3.03. The first-order valence-electron chi connectivity index (χ1n) is 8.28. The Bertz CT molecular complexity index is 801. The Morgan fingerprint density at radius 2 is 2.08 bits per heavy atom. The normalized spacial score (nSPS) is 13.7. The van der Waals surface area contributed by atoms with Crippen molar-refractivity contribution in [3.63, 3.8) is 0 Å². The van der Waals surface area contributed by atoms with E-state index in [0.717, 1.165) is 24.5 Å². The molecule has 1 aromatic heterocycles. The van der Waals surface area contributed by atoms with E-state index in [1.165, 1.54) is 25.0 Å². The zero-order chi connectivity index (χ0) is 17.8. The number of amides is 1. The summed E-state index contributed by atoms with van der Waals surface area (Å²) in [6.45, 7) is 3.96. The topological polar surface area (TPSA) is 88.4 Å². The smallest absolute Gasteiger partial charge is 0.273 e. The summed E-state index contributed by atoms with van der Waals surface area (Å²) in [5.41, 5.74) is 1.60. The lowest BCUT2D eigenvalue weighted by Gasteiger charge is -2.17. The predicted octanol–water partition coefficient (Wildman–Crippen LogP) is 2.83. The van der Waals surface area contributed by atoms with E-state index in [4.69, 9.17) is 0 Å². The predicted molar refractivity (Wildman–Crippen MR) is 94.7 cm³/mol. The van der Waals surface area contributed by atoms with Crippen LogP contribution >= 0.6 is 0 Å². The van der Waals surface area contributed by atoms with Crippen molar-refractivity contribution >= 4 is 17.4 Å². The molecule has 0 bridgehead atoms. The summed E-state index contributed by atoms with van der Waals surface area (Å²) < 4.78 is 0. The van der Waals surface area contributed by atoms with Gasteiger partial charge in [0.2, 0.25) is 0 Å². The summed E-state index contributed by atoms with van der Waals surface area (Å²) >= 11 is 0. The highest BCUT2D eigenvalue weighted by atomic mass is 16.6. The van der Waals surface area contributed by atoms with Gasteiger partial charge < -0.3 is 10.2 Å². The van der Waals surface area contributed by atoms with Crippen molar-refractivity contribution in [2.75, 3.05) is 18.0 Å². The van der Waals surface area contributed by atoms with Crippen LogP contribution in [0.3, 0.4) is 0 Å². The lowest BCUT2D eigenvalue weighted by atomic mass is 10.1. The van der Waals surface area contributed by atoms with Crippen molar-refractivity contribution in [1.82, 2.24) is 10.3 Å². The molecule has 0 aliphatic carbocycles. The van der Waals surface area contributed by atoms with Crippen LogP contribution in [-0.4, -0.2) is 28.9 Å². The monoisotopic (exact) mass is 340 g/mol. The standard InChI is InChI=1S/C18H20N4O3/c1-13-15(5-4-6-16(13)22(24)25)18(23)20-12-14-7-8-19-17(11-14)21-9-2-3-10-21/h4-8,11H,2-3,9-10,12H2,1H3,(H,20,23). The van der Waals surface area contributed by atoms with Gasteiger partial charge in [-0.15, -0.1) is 0 Å². The summed E-state index contributed by atoms with van der Waals surface area (Å²) in [6, 6.07) is 8.36. The Morgan fingerprint density at radius 1 is 1.32 bits per heavy atom. The van der Waals surface area contributed by atoms with Gasteiger partial charge >= 0.3 is 0 Å². The van der Waals surface area contributed by atoms with Crippen molar-refractivity contribution < 1.29 is 9.72 Å². The summed E-state index contributed by atoms with van der Waals surface area (Å²) in [6.07, 6.45) is 4.09. The van der Waals surface area contributed by atoms with Gasteiger partial charge in [-0.3, -0.25) is 14.9 Å². The number of nitro benzene ring substituents is 1. The van der Waals surface area contributed by atoms with Gasteiger partial charge in [-0.05, 0) is 43.5 Å². The van der Waals surface area contributed by atoms with E-state index >= 15 is 0 Å². The Balaban J connectivity index is 1.69. The highest BCUT2D eigenvalue weighted by Gasteiger charge is 2.18. The molecule has 0 atom stereocenters. The minimum absolute atomic E-state index is 0.0483. The van der Waals surface area contributed by atoms with E-state index < -0.39 is 4.92 Å². The highest BCUT2D eigenvalue weighted by Crippen LogP contribution is 2.21. The molecule has 3 rings (SSSR count). The highest BCUT2D eigenvalue weighted by molar-refractivity contribution is 5.96. The molecule has 1 aliphatic heterocycles. The third kappa shape index (κ3) is 3.76. The zero-order valence-electron chi connectivity index (χ0n) is 14.1. The fourth-order valence-electron chi connectivity index (χ4n) is 3.03. The van der Waals surface area contributed by atoms with Crippen LogP contribution in [0, 0.1) is 17.0 Å². The molecule has 1 amide bonds. The molecule has 1 N–H and O–H groups in total. The van der Waals surface area contributed by atoms with Crippen molar-refractivity contribution in [2.45, 2.75) is 26.3 Å². The summed E-state index contributed by atoms with van der Waals surface area (Å²) in [7, 11) is 0. The number of carbonyl (C=O) groups is 1. The molecule has 0 saturated carbocycles. The number of carbonyl (C=O) groups excluding carboxylic acids is 1. The molecule has 1 aliphatic rings. The molecule has 1 saturated heterocycles. The molecule has 25 heavy (non-hydrogen) atoms. The summed E-state index contributed by atoms with van der Waals surface area (Å²) in [4.78, 5) is 29.5. The van der Waals surface area contributed by atoms with E-state index in [9.17, 15) is 14.9 Å². The van der Waals surface area contributed by atoms with Gasteiger partial charge in [0.25, 0.3) is 11.6 Å². The number of hydrogen-bond donors (Lipinski definition) is 1. The number of rotatable bonds is 5. The third-order valence-electron chi connectivity index (χ3n) is 4.44. The van der Waals surface area contributed by atoms with Crippen LogP contribution in [0.1, 0.15) is 34.3 Å². The first kappa shape index (κ1) is 16.9. The van der Waals surface area contributed by atoms with Crippen molar-refractivity contribution in [3.05, 3.63) is 63.3 Å². The largest absolute Gasteiger partial charge is 0.357 e. The maximum Gasteiger partial charge on any atom is 0.273 e. The molecule has 7 nitrogen and oxygen atoms in total. The van der Waals surface area contributed by atoms with E-state index in [1.807, 2.05) is 12.1 Å². The summed E-state index contributed by atoms with van der Waals surface area (Å²) in [5, 5.41) is 13.8. The van der Waals surface area contributed by atoms with E-state index in [2.05, 4.69) is 15.2 Å². The molecule has 1 aromatic carbocycles. The van der Waals surface area contributed by atoms with Gasteiger partial charge in [-0.25, -0.2) is 4.98 Å². The van der Waals surface area contributed by atoms with Gasteiger partial charge in [0.05, 0.1) is 4.92 Å². The molecule has 2 aromatic rings. The molecule has 1 fully saturated rings. The van der Waals surface area contributed by atoms with E-state index in [0.29, 0.717) is 17.7 Å². The van der Waals surface area contributed by atoms with Crippen molar-refractivity contribution in [1.29, 1.82) is 0 Å². The fraction of sp³-hybridized carbons (Fsp3) is 0.333. The quantitative estimate of drug-likeness (QED) is 0.668. The lowest BCUT2D eigenvalue weighted by molar-refractivity contribution is -0.385.